The van der Waals surface area contributed by atoms with Crippen molar-refractivity contribution in [2.24, 2.45) is 17.8 Å². The predicted octanol–water partition coefficient (Wildman–Crippen LogP) is 7.94. The van der Waals surface area contributed by atoms with Crippen LogP contribution in [0.25, 0.3) is 0 Å². The standard InChI is InChI=1S/C18H39O6P3/c1-16(2)10-7-13-25(19)22-26(20,14-8-11-17(3)4)24-27(21,23-25)15-9-12-18(5)6/h16-18H,7-15H2,1-6H3. The minimum atomic E-state index is -3.69. The molecule has 0 aromatic rings. The van der Waals surface area contributed by atoms with Crippen molar-refractivity contribution in [3.8, 4) is 0 Å². The summed E-state index contributed by atoms with van der Waals surface area (Å²) in [6.45, 7) is 12.5. The van der Waals surface area contributed by atoms with Crippen molar-refractivity contribution in [2.75, 3.05) is 18.5 Å². The van der Waals surface area contributed by atoms with E-state index in [9.17, 15) is 13.7 Å². The Balaban J connectivity index is 2.89. The molecule has 6 nitrogen and oxygen atoms in total. The molecule has 27 heavy (non-hydrogen) atoms. The van der Waals surface area contributed by atoms with Crippen molar-refractivity contribution in [3.05, 3.63) is 0 Å². The number of rotatable bonds is 12. The number of hydrogen-bond donors (Lipinski definition) is 0. The molecule has 1 saturated heterocycles. The summed E-state index contributed by atoms with van der Waals surface area (Å²) in [6.07, 6.45) is 4.82. The second-order valence-electron chi connectivity index (χ2n) is 8.86. The first-order valence-electron chi connectivity index (χ1n) is 10.3. The lowest BCUT2D eigenvalue weighted by molar-refractivity contribution is 0.274. The average Bonchev–Trinajstić information content (AvgIpc) is 2.43. The molecule has 0 aliphatic carbocycles. The van der Waals surface area contributed by atoms with Crippen molar-refractivity contribution < 1.29 is 26.6 Å². The molecule has 9 heteroatoms. The second kappa shape index (κ2) is 11.1. The van der Waals surface area contributed by atoms with Crippen LogP contribution in [0.2, 0.25) is 0 Å². The van der Waals surface area contributed by atoms with Gasteiger partial charge in [0.05, 0.1) is 18.5 Å². The Morgan fingerprint density at radius 3 is 0.926 bits per heavy atom. The molecular weight excluding hydrogens is 405 g/mol. The maximum Gasteiger partial charge on any atom is 0.345 e. The quantitative estimate of drug-likeness (QED) is 0.284. The Labute approximate surface area is 166 Å². The van der Waals surface area contributed by atoms with E-state index in [2.05, 4.69) is 41.5 Å². The summed E-state index contributed by atoms with van der Waals surface area (Å²) in [5.74, 6) is 1.36. The molecule has 1 aliphatic rings. The van der Waals surface area contributed by atoms with Gasteiger partial charge in [0.15, 0.2) is 0 Å². The van der Waals surface area contributed by atoms with Crippen LogP contribution in [0.1, 0.15) is 80.1 Å². The zero-order chi connectivity index (χ0) is 20.7. The largest absolute Gasteiger partial charge is 0.345 e. The third-order valence-corrected chi connectivity index (χ3v) is 12.9. The fraction of sp³-hybridized carbons (Fsp3) is 1.00. The molecule has 1 aliphatic heterocycles. The van der Waals surface area contributed by atoms with Gasteiger partial charge in [-0.25, -0.2) is 12.9 Å². The van der Waals surface area contributed by atoms with E-state index in [0.29, 0.717) is 37.0 Å². The van der Waals surface area contributed by atoms with E-state index in [1.165, 1.54) is 0 Å². The highest BCUT2D eigenvalue weighted by Crippen LogP contribution is 2.82. The Hall–Kier alpha value is 0.570. The van der Waals surface area contributed by atoms with Crippen molar-refractivity contribution in [3.63, 3.8) is 0 Å². The van der Waals surface area contributed by atoms with Gasteiger partial charge in [0, 0.05) is 0 Å². The van der Waals surface area contributed by atoms with Gasteiger partial charge >= 0.3 is 22.8 Å². The van der Waals surface area contributed by atoms with Crippen LogP contribution in [0.3, 0.4) is 0 Å². The lowest BCUT2D eigenvalue weighted by Crippen LogP contribution is -2.12. The second-order valence-corrected chi connectivity index (χ2v) is 15.8. The van der Waals surface area contributed by atoms with Crippen LogP contribution < -0.4 is 0 Å². The molecule has 0 amide bonds. The molecule has 0 atom stereocenters. The first kappa shape index (κ1) is 25.6. The zero-order valence-electron chi connectivity index (χ0n) is 17.9. The van der Waals surface area contributed by atoms with Gasteiger partial charge in [0.25, 0.3) is 0 Å². The molecule has 0 saturated carbocycles. The summed E-state index contributed by atoms with van der Waals surface area (Å²) in [5, 5.41) is 0. The lowest BCUT2D eigenvalue weighted by Gasteiger charge is -2.34. The highest BCUT2D eigenvalue weighted by Gasteiger charge is 2.51. The maximum atomic E-state index is 13.2. The molecule has 1 heterocycles. The van der Waals surface area contributed by atoms with Gasteiger partial charge in [-0.15, -0.1) is 0 Å². The molecular formula is C18H39O6P3. The van der Waals surface area contributed by atoms with Crippen molar-refractivity contribution >= 4 is 22.8 Å². The molecule has 0 radical (unpaired) electrons. The van der Waals surface area contributed by atoms with Crippen molar-refractivity contribution in [1.29, 1.82) is 0 Å². The van der Waals surface area contributed by atoms with E-state index in [1.54, 1.807) is 0 Å². The van der Waals surface area contributed by atoms with E-state index < -0.39 is 22.8 Å². The van der Waals surface area contributed by atoms with Crippen LogP contribution in [0.4, 0.5) is 0 Å². The van der Waals surface area contributed by atoms with Crippen LogP contribution in [0, 0.1) is 17.8 Å². The molecule has 1 rings (SSSR count). The smallest absolute Gasteiger partial charge is 0.259 e. The molecule has 1 fully saturated rings. The average molecular weight is 444 g/mol. The fourth-order valence-electron chi connectivity index (χ4n) is 2.94. The highest BCUT2D eigenvalue weighted by molar-refractivity contribution is 7.80. The summed E-state index contributed by atoms with van der Waals surface area (Å²) in [6, 6.07) is 0. The van der Waals surface area contributed by atoms with Crippen LogP contribution in [-0.4, -0.2) is 18.5 Å². The Bertz CT molecular complexity index is 489. The van der Waals surface area contributed by atoms with E-state index in [1.807, 2.05) is 0 Å². The monoisotopic (exact) mass is 444 g/mol. The van der Waals surface area contributed by atoms with Gasteiger partial charge in [-0.3, -0.25) is 13.7 Å². The minimum Gasteiger partial charge on any atom is -0.259 e. The van der Waals surface area contributed by atoms with E-state index >= 15 is 0 Å². The van der Waals surface area contributed by atoms with Crippen LogP contribution >= 0.6 is 22.8 Å². The number of hydrogen-bond acceptors (Lipinski definition) is 6. The third-order valence-electron chi connectivity index (χ3n) is 4.39. The summed E-state index contributed by atoms with van der Waals surface area (Å²) < 4.78 is 55.8. The third kappa shape index (κ3) is 10.2. The van der Waals surface area contributed by atoms with Crippen molar-refractivity contribution in [2.45, 2.75) is 80.1 Å². The van der Waals surface area contributed by atoms with Gasteiger partial charge in [0.1, 0.15) is 0 Å². The molecule has 0 aromatic heterocycles. The molecule has 162 valence electrons. The predicted molar refractivity (Wildman–Crippen MR) is 113 cm³/mol. The highest BCUT2D eigenvalue weighted by atomic mass is 31.3. The minimum absolute atomic E-state index is 0.136. The van der Waals surface area contributed by atoms with Crippen molar-refractivity contribution in [1.82, 2.24) is 0 Å². The molecule has 0 N–H and O–H groups in total. The van der Waals surface area contributed by atoms with Gasteiger partial charge in [0.2, 0.25) is 0 Å². The fourth-order valence-corrected chi connectivity index (χ4v) is 12.3. The van der Waals surface area contributed by atoms with Gasteiger partial charge in [-0.05, 0) is 37.0 Å². The molecule has 0 spiro atoms. The van der Waals surface area contributed by atoms with E-state index in [0.717, 1.165) is 19.3 Å². The van der Waals surface area contributed by atoms with Gasteiger partial charge < -0.3 is 0 Å². The first-order valence-corrected chi connectivity index (χ1v) is 15.5. The van der Waals surface area contributed by atoms with Gasteiger partial charge in [-0.1, -0.05) is 60.8 Å². The lowest BCUT2D eigenvalue weighted by atomic mass is 10.1. The maximum absolute atomic E-state index is 13.2. The zero-order valence-corrected chi connectivity index (χ0v) is 20.6. The normalized spacial score (nSPS) is 31.9. The SMILES string of the molecule is CC(C)CCCP1(=O)OP(=O)(CCCC(C)C)OP(=O)(CCCC(C)C)O1. The Morgan fingerprint density at radius 2 is 0.741 bits per heavy atom. The van der Waals surface area contributed by atoms with Gasteiger partial charge in [-0.2, -0.15) is 0 Å². The summed E-state index contributed by atoms with van der Waals surface area (Å²) in [7, 11) is -11.1. The van der Waals surface area contributed by atoms with Crippen LogP contribution in [0.5, 0.6) is 0 Å². The summed E-state index contributed by atoms with van der Waals surface area (Å²) in [4.78, 5) is 0. The summed E-state index contributed by atoms with van der Waals surface area (Å²) >= 11 is 0. The Kier molecular flexibility index (Phi) is 10.5. The summed E-state index contributed by atoms with van der Waals surface area (Å²) in [5.41, 5.74) is 0. The van der Waals surface area contributed by atoms with E-state index in [4.69, 9.17) is 12.9 Å². The van der Waals surface area contributed by atoms with Crippen LogP contribution in [0.15, 0.2) is 0 Å². The molecule has 0 bridgehead atoms. The first-order chi connectivity index (χ1) is 12.4. The topological polar surface area (TPSA) is 78.9 Å². The molecule has 0 unspecified atom stereocenters. The van der Waals surface area contributed by atoms with Crippen LogP contribution in [-0.2, 0) is 26.6 Å². The molecule has 0 aromatic carbocycles. The Morgan fingerprint density at radius 1 is 0.519 bits per heavy atom. The van der Waals surface area contributed by atoms with E-state index in [-0.39, 0.29) is 18.5 Å².